The summed E-state index contributed by atoms with van der Waals surface area (Å²) in [5.41, 5.74) is 7.78. The molecule has 90 valence electrons. The van der Waals surface area contributed by atoms with Crippen molar-refractivity contribution in [1.29, 1.82) is 0 Å². The predicted molar refractivity (Wildman–Crippen MR) is 67.6 cm³/mol. The number of rotatable bonds is 3. The molecule has 0 aliphatic heterocycles. The monoisotopic (exact) mass is 222 g/mol. The summed E-state index contributed by atoms with van der Waals surface area (Å²) in [6.45, 7) is 8.50. The van der Waals surface area contributed by atoms with Crippen LogP contribution in [0.15, 0.2) is 0 Å². The van der Waals surface area contributed by atoms with Gasteiger partial charge < -0.3 is 11.1 Å². The summed E-state index contributed by atoms with van der Waals surface area (Å²) in [5.74, 6) is 1.85. The Labute approximate surface area is 97.2 Å². The summed E-state index contributed by atoms with van der Waals surface area (Å²) in [6, 6.07) is 0.918. The number of nitrogens with one attached hydrogen (secondary N) is 1. The SMILES string of the molecule is Cc1nn(C(C)C)c(NC2CC(C)C2)c1N. The van der Waals surface area contributed by atoms with E-state index < -0.39 is 0 Å². The van der Waals surface area contributed by atoms with Gasteiger partial charge in [0.2, 0.25) is 0 Å². The van der Waals surface area contributed by atoms with E-state index in [9.17, 15) is 0 Å². The summed E-state index contributed by atoms with van der Waals surface area (Å²) in [6.07, 6.45) is 2.48. The molecule has 1 saturated carbocycles. The fourth-order valence-electron chi connectivity index (χ4n) is 2.29. The average Bonchev–Trinajstić information content (AvgIpc) is 2.43. The Bertz CT molecular complexity index is 375. The summed E-state index contributed by atoms with van der Waals surface area (Å²) >= 11 is 0. The van der Waals surface area contributed by atoms with E-state index in [0.29, 0.717) is 12.1 Å². The molecular formula is C12H22N4. The van der Waals surface area contributed by atoms with E-state index in [2.05, 4.69) is 31.2 Å². The molecule has 0 amide bonds. The molecule has 16 heavy (non-hydrogen) atoms. The molecule has 1 heterocycles. The van der Waals surface area contributed by atoms with Crippen molar-refractivity contribution in [2.75, 3.05) is 11.1 Å². The zero-order chi connectivity index (χ0) is 11.9. The maximum atomic E-state index is 6.06. The molecule has 0 spiro atoms. The molecule has 4 heteroatoms. The van der Waals surface area contributed by atoms with E-state index in [0.717, 1.165) is 23.1 Å². The molecule has 1 aliphatic rings. The highest BCUT2D eigenvalue weighted by Crippen LogP contribution is 2.33. The van der Waals surface area contributed by atoms with Gasteiger partial charge in [0.25, 0.3) is 0 Å². The van der Waals surface area contributed by atoms with Crippen molar-refractivity contribution in [2.24, 2.45) is 5.92 Å². The lowest BCUT2D eigenvalue weighted by molar-refractivity contribution is 0.307. The quantitative estimate of drug-likeness (QED) is 0.826. The van der Waals surface area contributed by atoms with Crippen molar-refractivity contribution in [1.82, 2.24) is 9.78 Å². The van der Waals surface area contributed by atoms with Crippen LogP contribution in [0.2, 0.25) is 0 Å². The Morgan fingerprint density at radius 2 is 2.06 bits per heavy atom. The van der Waals surface area contributed by atoms with Crippen molar-refractivity contribution in [2.45, 2.75) is 52.6 Å². The lowest BCUT2D eigenvalue weighted by atomic mass is 9.82. The number of nitrogens with zero attached hydrogens (tertiary/aromatic N) is 2. The highest BCUT2D eigenvalue weighted by molar-refractivity contribution is 5.65. The topological polar surface area (TPSA) is 55.9 Å². The van der Waals surface area contributed by atoms with Crippen LogP contribution in [-0.4, -0.2) is 15.8 Å². The first-order valence-electron chi connectivity index (χ1n) is 6.10. The standard InChI is InChI=1S/C12H22N4/c1-7(2)16-12(11(13)9(4)15-16)14-10-5-8(3)6-10/h7-8,10,14H,5-6,13H2,1-4H3. The van der Waals surface area contributed by atoms with Gasteiger partial charge >= 0.3 is 0 Å². The molecular weight excluding hydrogens is 200 g/mol. The highest BCUT2D eigenvalue weighted by Gasteiger charge is 2.27. The Morgan fingerprint density at radius 3 is 2.56 bits per heavy atom. The molecule has 1 aliphatic carbocycles. The lowest BCUT2D eigenvalue weighted by Gasteiger charge is -2.34. The van der Waals surface area contributed by atoms with E-state index in [1.807, 2.05) is 11.6 Å². The molecule has 0 radical (unpaired) electrons. The average molecular weight is 222 g/mol. The largest absolute Gasteiger partial charge is 0.394 e. The van der Waals surface area contributed by atoms with Gasteiger partial charge in [-0.2, -0.15) is 5.10 Å². The Balaban J connectivity index is 2.18. The minimum atomic E-state index is 0.344. The van der Waals surface area contributed by atoms with E-state index in [1.165, 1.54) is 12.8 Å². The fraction of sp³-hybridized carbons (Fsp3) is 0.750. The second-order valence-corrected chi connectivity index (χ2v) is 5.30. The molecule has 1 aromatic rings. The minimum Gasteiger partial charge on any atom is -0.394 e. The number of anilines is 2. The number of nitrogens with two attached hydrogens (primary N) is 1. The Morgan fingerprint density at radius 1 is 1.44 bits per heavy atom. The van der Waals surface area contributed by atoms with E-state index in [4.69, 9.17) is 5.73 Å². The maximum Gasteiger partial charge on any atom is 0.148 e. The van der Waals surface area contributed by atoms with Crippen LogP contribution in [0, 0.1) is 12.8 Å². The number of aromatic nitrogens is 2. The second kappa shape index (κ2) is 4.00. The van der Waals surface area contributed by atoms with Crippen molar-refractivity contribution >= 4 is 11.5 Å². The first kappa shape index (κ1) is 11.3. The second-order valence-electron chi connectivity index (χ2n) is 5.30. The molecule has 0 unspecified atom stereocenters. The fourth-order valence-corrected chi connectivity index (χ4v) is 2.29. The van der Waals surface area contributed by atoms with Crippen LogP contribution in [0.25, 0.3) is 0 Å². The molecule has 0 bridgehead atoms. The number of hydrogen-bond donors (Lipinski definition) is 2. The third kappa shape index (κ3) is 1.88. The highest BCUT2D eigenvalue weighted by atomic mass is 15.4. The predicted octanol–water partition coefficient (Wildman–Crippen LogP) is 2.57. The minimum absolute atomic E-state index is 0.344. The van der Waals surface area contributed by atoms with Crippen LogP contribution in [-0.2, 0) is 0 Å². The van der Waals surface area contributed by atoms with Crippen molar-refractivity contribution in [3.05, 3.63) is 5.69 Å². The normalized spacial score (nSPS) is 24.6. The maximum absolute atomic E-state index is 6.06. The third-order valence-electron chi connectivity index (χ3n) is 3.34. The summed E-state index contributed by atoms with van der Waals surface area (Å²) in [5, 5.41) is 7.99. The summed E-state index contributed by atoms with van der Waals surface area (Å²) < 4.78 is 1.99. The van der Waals surface area contributed by atoms with Crippen LogP contribution >= 0.6 is 0 Å². The summed E-state index contributed by atoms with van der Waals surface area (Å²) in [4.78, 5) is 0. The van der Waals surface area contributed by atoms with E-state index in [1.54, 1.807) is 0 Å². The van der Waals surface area contributed by atoms with Gasteiger partial charge in [-0.05, 0) is 39.5 Å². The number of aryl methyl sites for hydroxylation is 1. The molecule has 0 saturated heterocycles. The molecule has 1 aromatic heterocycles. The first-order valence-corrected chi connectivity index (χ1v) is 6.10. The van der Waals surface area contributed by atoms with E-state index in [-0.39, 0.29) is 0 Å². The lowest BCUT2D eigenvalue weighted by Crippen LogP contribution is -2.35. The van der Waals surface area contributed by atoms with Gasteiger partial charge in [-0.25, -0.2) is 4.68 Å². The zero-order valence-electron chi connectivity index (χ0n) is 10.6. The van der Waals surface area contributed by atoms with Gasteiger partial charge in [0, 0.05) is 12.1 Å². The smallest absolute Gasteiger partial charge is 0.148 e. The van der Waals surface area contributed by atoms with Gasteiger partial charge in [0.15, 0.2) is 0 Å². The zero-order valence-corrected chi connectivity index (χ0v) is 10.6. The Kier molecular flexibility index (Phi) is 2.82. The molecule has 4 nitrogen and oxygen atoms in total. The van der Waals surface area contributed by atoms with Crippen LogP contribution < -0.4 is 11.1 Å². The van der Waals surface area contributed by atoms with Gasteiger partial charge in [0.05, 0.1) is 11.4 Å². The van der Waals surface area contributed by atoms with Crippen molar-refractivity contribution in [3.63, 3.8) is 0 Å². The van der Waals surface area contributed by atoms with Crippen LogP contribution in [0.1, 0.15) is 45.3 Å². The molecule has 1 fully saturated rings. The molecule has 0 aromatic carbocycles. The van der Waals surface area contributed by atoms with Crippen LogP contribution in [0.4, 0.5) is 11.5 Å². The van der Waals surface area contributed by atoms with Gasteiger partial charge in [-0.15, -0.1) is 0 Å². The summed E-state index contributed by atoms with van der Waals surface area (Å²) in [7, 11) is 0. The number of nitrogen functional groups attached to an aromatic ring is 1. The Hall–Kier alpha value is -1.19. The number of hydrogen-bond acceptors (Lipinski definition) is 3. The van der Waals surface area contributed by atoms with Crippen molar-refractivity contribution < 1.29 is 0 Å². The molecule has 0 atom stereocenters. The third-order valence-corrected chi connectivity index (χ3v) is 3.34. The molecule has 2 rings (SSSR count). The van der Waals surface area contributed by atoms with E-state index >= 15 is 0 Å². The van der Waals surface area contributed by atoms with Crippen LogP contribution in [0.5, 0.6) is 0 Å². The van der Waals surface area contributed by atoms with Crippen LogP contribution in [0.3, 0.4) is 0 Å². The molecule has 3 N–H and O–H groups in total. The van der Waals surface area contributed by atoms with Gasteiger partial charge in [0.1, 0.15) is 5.82 Å². The first-order chi connectivity index (χ1) is 7.49. The van der Waals surface area contributed by atoms with Gasteiger partial charge in [-0.3, -0.25) is 0 Å². The van der Waals surface area contributed by atoms with Gasteiger partial charge in [-0.1, -0.05) is 6.92 Å². The van der Waals surface area contributed by atoms with Crippen molar-refractivity contribution in [3.8, 4) is 0 Å².